The number of aromatic nitrogens is 2. The van der Waals surface area contributed by atoms with E-state index in [2.05, 4.69) is 193 Å². The Balaban J connectivity index is 1.13. The Bertz CT molecular complexity index is 3690. The van der Waals surface area contributed by atoms with E-state index in [0.717, 1.165) is 43.6 Å². The van der Waals surface area contributed by atoms with Gasteiger partial charge in [-0.05, 0) is 90.3 Å². The van der Waals surface area contributed by atoms with E-state index in [-0.39, 0.29) is 10.8 Å². The smallest absolute Gasteiger partial charge is 0.212 e. The average Bonchev–Trinajstić information content (AvgIpc) is 3.97. The maximum absolute atomic E-state index is 11.3. The lowest BCUT2D eigenvalue weighted by Gasteiger charge is -2.25. The number of benzene rings is 9. The van der Waals surface area contributed by atoms with Crippen LogP contribution in [0.2, 0.25) is 0 Å². The highest BCUT2D eigenvalue weighted by molar-refractivity contribution is 6.17. The van der Waals surface area contributed by atoms with Gasteiger partial charge in [0.05, 0.1) is 45.6 Å². The summed E-state index contributed by atoms with van der Waals surface area (Å²) in [6.07, 6.45) is 0. The van der Waals surface area contributed by atoms with Crippen LogP contribution in [0.1, 0.15) is 55.5 Å². The fraction of sp³-hybridized carbons (Fsp3) is 0.103. The van der Waals surface area contributed by atoms with Gasteiger partial charge in [-0.1, -0.05) is 161 Å². The van der Waals surface area contributed by atoms with Crippen molar-refractivity contribution in [1.82, 2.24) is 9.13 Å². The molecule has 62 heavy (non-hydrogen) atoms. The molecule has 13 rings (SSSR count). The highest BCUT2D eigenvalue weighted by Crippen LogP contribution is 2.57. The minimum absolute atomic E-state index is 0.338. The minimum atomic E-state index is -0.339. The van der Waals surface area contributed by atoms with Crippen molar-refractivity contribution >= 4 is 70.8 Å². The van der Waals surface area contributed by atoms with Gasteiger partial charge in [0.25, 0.3) is 0 Å². The lowest BCUT2D eigenvalue weighted by molar-refractivity contribution is 0.664. The molecule has 0 spiro atoms. The molecule has 0 bridgehead atoms. The summed E-state index contributed by atoms with van der Waals surface area (Å²) in [5.74, 6) is 0. The molecule has 2 aliphatic rings. The fourth-order valence-corrected chi connectivity index (χ4v) is 11.8. The lowest BCUT2D eigenvalue weighted by atomic mass is 9.81. The third-order valence-electron chi connectivity index (χ3n) is 14.5. The molecule has 0 saturated heterocycles. The molecule has 0 fully saturated rings. The molecule has 0 N–H and O–H groups in total. The minimum Gasteiger partial charge on any atom is -0.319 e. The van der Waals surface area contributed by atoms with Crippen molar-refractivity contribution in [2.24, 2.45) is 0 Å². The van der Waals surface area contributed by atoms with Gasteiger partial charge in [0.2, 0.25) is 5.69 Å². The molecule has 0 saturated carbocycles. The van der Waals surface area contributed by atoms with Crippen molar-refractivity contribution in [3.63, 3.8) is 0 Å². The summed E-state index contributed by atoms with van der Waals surface area (Å²) >= 11 is 0. The first kappa shape index (κ1) is 34.9. The molecule has 11 aromatic rings. The molecule has 290 valence electrons. The molecule has 2 heterocycles. The largest absolute Gasteiger partial charge is 0.319 e. The van der Waals surface area contributed by atoms with Crippen LogP contribution in [0.4, 0.5) is 5.69 Å². The van der Waals surface area contributed by atoms with Gasteiger partial charge in [0, 0.05) is 32.4 Å². The predicted molar refractivity (Wildman–Crippen MR) is 256 cm³/mol. The first-order valence-corrected chi connectivity index (χ1v) is 21.4. The fourth-order valence-electron chi connectivity index (χ4n) is 11.8. The third kappa shape index (κ3) is 4.19. The molecular weight excluding hydrogens is 753 g/mol. The van der Waals surface area contributed by atoms with Crippen LogP contribution in [0.3, 0.4) is 0 Å². The van der Waals surface area contributed by atoms with Crippen LogP contribution in [0, 0.1) is 17.9 Å². The van der Waals surface area contributed by atoms with E-state index in [0.29, 0.717) is 22.6 Å². The van der Waals surface area contributed by atoms with Gasteiger partial charge in [0.1, 0.15) is 6.07 Å². The average molecular weight is 791 g/mol. The second-order valence-corrected chi connectivity index (χ2v) is 18.2. The van der Waals surface area contributed by atoms with E-state index in [1.54, 1.807) is 0 Å². The molecule has 0 atom stereocenters. The standard InChI is InChI=1S/C58H38N4/c1-57(2)44-28-22-33-14-6-8-16-36(33)51(44)42-26-24-40-38-18-10-12-20-47(38)61(55(40)53(42)57)49-31-46(60-5)50(30-35(49)32-59)62-48-21-13-11-19-39(48)41-25-27-43-52-37-17-9-7-15-34(37)23-29-45(52)58(3,4)54(43)56(41)62/h6-31H,1-4H3. The highest BCUT2D eigenvalue weighted by atomic mass is 15.0. The first-order valence-electron chi connectivity index (χ1n) is 21.4. The number of rotatable bonds is 2. The summed E-state index contributed by atoms with van der Waals surface area (Å²) in [5.41, 5.74) is 16.0. The van der Waals surface area contributed by atoms with Gasteiger partial charge < -0.3 is 9.13 Å². The van der Waals surface area contributed by atoms with E-state index in [1.165, 1.54) is 66.1 Å². The topological polar surface area (TPSA) is 38.0 Å². The number of para-hydroxylation sites is 2. The van der Waals surface area contributed by atoms with Crippen molar-refractivity contribution in [2.45, 2.75) is 38.5 Å². The normalized spacial score (nSPS) is 14.4. The highest BCUT2D eigenvalue weighted by Gasteiger charge is 2.41. The SMILES string of the molecule is [C-]#[N+]c1cc(-n2c3ccccc3c3ccc4c(c32)C(C)(C)c2ccc3ccccc3c2-4)c(C#N)cc1-n1c2ccccc2c2ccc3c(c21)C(C)(C)c1ccc2ccccc2c1-3. The van der Waals surface area contributed by atoms with Crippen LogP contribution in [-0.2, 0) is 10.8 Å². The molecule has 9 aromatic carbocycles. The zero-order chi connectivity index (χ0) is 41.8. The molecule has 0 radical (unpaired) electrons. The Hall–Kier alpha value is -7.92. The monoisotopic (exact) mass is 790 g/mol. The van der Waals surface area contributed by atoms with E-state index < -0.39 is 0 Å². The maximum Gasteiger partial charge on any atom is 0.212 e. The summed E-state index contributed by atoms with van der Waals surface area (Å²) < 4.78 is 4.57. The van der Waals surface area contributed by atoms with Crippen molar-refractivity contribution in [3.8, 4) is 39.7 Å². The number of nitriles is 1. The van der Waals surface area contributed by atoms with E-state index in [9.17, 15) is 5.26 Å². The molecular formula is C58H38N4. The summed E-state index contributed by atoms with van der Waals surface area (Å²) in [5, 5.41) is 20.8. The zero-order valence-electron chi connectivity index (χ0n) is 34.8. The number of hydrogen-bond donors (Lipinski definition) is 0. The Morgan fingerprint density at radius 3 is 1.42 bits per heavy atom. The summed E-state index contributed by atoms with van der Waals surface area (Å²) in [7, 11) is 0. The van der Waals surface area contributed by atoms with E-state index >= 15 is 0 Å². The molecule has 2 aromatic heterocycles. The van der Waals surface area contributed by atoms with Crippen LogP contribution >= 0.6 is 0 Å². The second-order valence-electron chi connectivity index (χ2n) is 18.2. The van der Waals surface area contributed by atoms with Gasteiger partial charge in [0.15, 0.2) is 0 Å². The summed E-state index contributed by atoms with van der Waals surface area (Å²) in [4.78, 5) is 4.33. The maximum atomic E-state index is 11.3. The van der Waals surface area contributed by atoms with Crippen molar-refractivity contribution in [2.75, 3.05) is 0 Å². The van der Waals surface area contributed by atoms with Crippen molar-refractivity contribution < 1.29 is 0 Å². The molecule has 0 amide bonds. The van der Waals surface area contributed by atoms with E-state index in [4.69, 9.17) is 6.57 Å². The van der Waals surface area contributed by atoms with Crippen LogP contribution in [0.5, 0.6) is 0 Å². The first-order chi connectivity index (χ1) is 30.2. The van der Waals surface area contributed by atoms with Crippen LogP contribution in [0.15, 0.2) is 158 Å². The van der Waals surface area contributed by atoms with Gasteiger partial charge in [-0.25, -0.2) is 4.85 Å². The quantitative estimate of drug-likeness (QED) is 0.161. The number of fused-ring (bicyclic) bond motifs is 18. The Morgan fingerprint density at radius 2 is 0.935 bits per heavy atom. The van der Waals surface area contributed by atoms with E-state index in [1.807, 2.05) is 12.1 Å². The van der Waals surface area contributed by atoms with Gasteiger partial charge in [-0.2, -0.15) is 5.26 Å². The Morgan fingerprint density at radius 1 is 0.484 bits per heavy atom. The number of nitrogens with zero attached hydrogens (tertiary/aromatic N) is 4. The molecule has 4 nitrogen and oxygen atoms in total. The van der Waals surface area contributed by atoms with Gasteiger partial charge >= 0.3 is 0 Å². The van der Waals surface area contributed by atoms with Gasteiger partial charge in [-0.15, -0.1) is 0 Å². The molecule has 4 heteroatoms. The van der Waals surface area contributed by atoms with Crippen LogP contribution in [-0.4, -0.2) is 9.13 Å². The predicted octanol–water partition coefficient (Wildman–Crippen LogP) is 15.2. The summed E-state index contributed by atoms with van der Waals surface area (Å²) in [6, 6.07) is 59.2. The molecule has 2 aliphatic carbocycles. The Kier molecular flexibility index (Phi) is 6.69. The van der Waals surface area contributed by atoms with Crippen molar-refractivity contribution in [1.29, 1.82) is 5.26 Å². The van der Waals surface area contributed by atoms with Crippen LogP contribution < -0.4 is 0 Å². The van der Waals surface area contributed by atoms with Crippen LogP contribution in [0.25, 0.3) is 104 Å². The zero-order valence-corrected chi connectivity index (χ0v) is 34.8. The summed E-state index contributed by atoms with van der Waals surface area (Å²) in [6.45, 7) is 18.2. The molecule has 0 unspecified atom stereocenters. The van der Waals surface area contributed by atoms with Gasteiger partial charge in [-0.3, -0.25) is 0 Å². The number of hydrogen-bond acceptors (Lipinski definition) is 1. The third-order valence-corrected chi connectivity index (χ3v) is 14.5. The Labute approximate surface area is 358 Å². The lowest BCUT2D eigenvalue weighted by Crippen LogP contribution is -2.17. The second kappa shape index (κ2) is 11.9. The van der Waals surface area contributed by atoms with Crippen molar-refractivity contribution in [3.05, 3.63) is 197 Å². The molecule has 0 aliphatic heterocycles.